The number of hydrogen-bond donors (Lipinski definition) is 1. The van der Waals surface area contributed by atoms with Crippen LogP contribution in [0.25, 0.3) is 0 Å². The smallest absolute Gasteiger partial charge is 0.0688 e. The van der Waals surface area contributed by atoms with Gasteiger partial charge in [0.05, 0.1) is 5.69 Å². The van der Waals surface area contributed by atoms with Gasteiger partial charge in [-0.2, -0.15) is 0 Å². The fraction of sp³-hybridized carbons (Fsp3) is 0.174. The van der Waals surface area contributed by atoms with Crippen molar-refractivity contribution in [2.45, 2.75) is 27.7 Å². The van der Waals surface area contributed by atoms with Crippen LogP contribution in [0.5, 0.6) is 0 Å². The van der Waals surface area contributed by atoms with E-state index in [9.17, 15) is 0 Å². The molecular formula is C23H24N2. The van der Waals surface area contributed by atoms with Gasteiger partial charge in [0.2, 0.25) is 0 Å². The SMILES string of the molecule is Cc1cccc(C)c1N=Cc1ccccc1Nc1c(C)cccc1C. The summed E-state index contributed by atoms with van der Waals surface area (Å²) >= 11 is 0. The molecule has 2 heteroatoms. The highest BCUT2D eigenvalue weighted by atomic mass is 14.9. The summed E-state index contributed by atoms with van der Waals surface area (Å²) in [5.41, 5.74) is 9.21. The lowest BCUT2D eigenvalue weighted by Gasteiger charge is -2.14. The summed E-state index contributed by atoms with van der Waals surface area (Å²) in [6, 6.07) is 20.9. The third-order valence-corrected chi connectivity index (χ3v) is 4.47. The topological polar surface area (TPSA) is 24.4 Å². The van der Waals surface area contributed by atoms with Gasteiger partial charge in [-0.25, -0.2) is 0 Å². The van der Waals surface area contributed by atoms with E-state index in [-0.39, 0.29) is 0 Å². The Labute approximate surface area is 150 Å². The van der Waals surface area contributed by atoms with Crippen LogP contribution in [-0.4, -0.2) is 6.21 Å². The second-order valence-electron chi connectivity index (χ2n) is 6.48. The van der Waals surface area contributed by atoms with Gasteiger partial charge in [0.25, 0.3) is 0 Å². The molecule has 0 saturated carbocycles. The standard InChI is InChI=1S/C23H24N2/c1-16-9-7-10-17(2)22(16)24-15-20-13-5-6-14-21(20)25-23-18(3)11-8-12-19(23)4/h5-15,25H,1-4H3. The Morgan fingerprint density at radius 2 is 1.24 bits per heavy atom. The van der Waals surface area contributed by atoms with Crippen molar-refractivity contribution in [1.29, 1.82) is 0 Å². The van der Waals surface area contributed by atoms with Crippen molar-refractivity contribution < 1.29 is 0 Å². The van der Waals surface area contributed by atoms with E-state index in [0.717, 1.165) is 22.6 Å². The van der Waals surface area contributed by atoms with Crippen molar-refractivity contribution in [2.75, 3.05) is 5.32 Å². The number of benzene rings is 3. The first-order valence-electron chi connectivity index (χ1n) is 8.59. The van der Waals surface area contributed by atoms with Crippen molar-refractivity contribution in [2.24, 2.45) is 4.99 Å². The molecule has 0 fully saturated rings. The highest BCUT2D eigenvalue weighted by molar-refractivity contribution is 5.91. The molecule has 3 aromatic carbocycles. The van der Waals surface area contributed by atoms with Gasteiger partial charge in [0.15, 0.2) is 0 Å². The maximum Gasteiger partial charge on any atom is 0.0688 e. The molecule has 3 aromatic rings. The normalized spacial score (nSPS) is 11.0. The minimum Gasteiger partial charge on any atom is -0.355 e. The zero-order chi connectivity index (χ0) is 17.8. The molecule has 0 unspecified atom stereocenters. The van der Waals surface area contributed by atoms with E-state index in [1.807, 2.05) is 18.3 Å². The summed E-state index contributed by atoms with van der Waals surface area (Å²) in [6.07, 6.45) is 1.95. The molecule has 25 heavy (non-hydrogen) atoms. The third kappa shape index (κ3) is 3.80. The molecule has 0 heterocycles. The zero-order valence-electron chi connectivity index (χ0n) is 15.3. The Bertz CT molecular complexity index is 883. The number of aliphatic imine (C=N–C) groups is 1. The third-order valence-electron chi connectivity index (χ3n) is 4.47. The van der Waals surface area contributed by atoms with E-state index >= 15 is 0 Å². The largest absolute Gasteiger partial charge is 0.355 e. The lowest BCUT2D eigenvalue weighted by molar-refractivity contribution is 1.33. The fourth-order valence-electron chi connectivity index (χ4n) is 3.01. The van der Waals surface area contributed by atoms with Crippen molar-refractivity contribution in [3.05, 3.63) is 88.5 Å². The minimum absolute atomic E-state index is 1.05. The molecule has 0 amide bonds. The summed E-state index contributed by atoms with van der Waals surface area (Å²) in [7, 11) is 0. The molecule has 0 aromatic heterocycles. The molecule has 0 spiro atoms. The highest BCUT2D eigenvalue weighted by Gasteiger charge is 2.06. The van der Waals surface area contributed by atoms with E-state index in [1.54, 1.807) is 0 Å². The van der Waals surface area contributed by atoms with Gasteiger partial charge in [0, 0.05) is 23.2 Å². The first-order valence-corrected chi connectivity index (χ1v) is 8.59. The van der Waals surface area contributed by atoms with Crippen LogP contribution in [0.4, 0.5) is 17.1 Å². The zero-order valence-corrected chi connectivity index (χ0v) is 15.3. The van der Waals surface area contributed by atoms with Crippen LogP contribution < -0.4 is 5.32 Å². The average Bonchev–Trinajstić information content (AvgIpc) is 2.59. The van der Waals surface area contributed by atoms with Gasteiger partial charge < -0.3 is 5.32 Å². The van der Waals surface area contributed by atoms with Crippen molar-refractivity contribution >= 4 is 23.3 Å². The second-order valence-corrected chi connectivity index (χ2v) is 6.48. The van der Waals surface area contributed by atoms with Gasteiger partial charge in [0.1, 0.15) is 0 Å². The van der Waals surface area contributed by atoms with E-state index in [4.69, 9.17) is 4.99 Å². The Morgan fingerprint density at radius 1 is 0.680 bits per heavy atom. The molecule has 0 saturated heterocycles. The number of nitrogens with zero attached hydrogens (tertiary/aromatic N) is 1. The first kappa shape index (κ1) is 17.0. The Morgan fingerprint density at radius 3 is 1.88 bits per heavy atom. The minimum atomic E-state index is 1.05. The molecule has 0 aliphatic rings. The lowest BCUT2D eigenvalue weighted by atomic mass is 10.1. The molecule has 0 radical (unpaired) electrons. The maximum atomic E-state index is 4.76. The number of hydrogen-bond acceptors (Lipinski definition) is 2. The van der Waals surface area contributed by atoms with Crippen LogP contribution in [0.2, 0.25) is 0 Å². The average molecular weight is 328 g/mol. The van der Waals surface area contributed by atoms with Gasteiger partial charge >= 0.3 is 0 Å². The van der Waals surface area contributed by atoms with E-state index in [0.29, 0.717) is 0 Å². The van der Waals surface area contributed by atoms with Crippen molar-refractivity contribution in [3.8, 4) is 0 Å². The molecule has 126 valence electrons. The van der Waals surface area contributed by atoms with Crippen LogP contribution >= 0.6 is 0 Å². The van der Waals surface area contributed by atoms with Gasteiger partial charge in [-0.3, -0.25) is 4.99 Å². The predicted molar refractivity (Wildman–Crippen MR) is 109 cm³/mol. The van der Waals surface area contributed by atoms with Gasteiger partial charge in [-0.05, 0) is 56.0 Å². The number of nitrogens with one attached hydrogen (secondary N) is 1. The quantitative estimate of drug-likeness (QED) is 0.549. The summed E-state index contributed by atoms with van der Waals surface area (Å²) in [5.74, 6) is 0. The highest BCUT2D eigenvalue weighted by Crippen LogP contribution is 2.27. The molecule has 0 bridgehead atoms. The maximum absolute atomic E-state index is 4.76. The van der Waals surface area contributed by atoms with Crippen LogP contribution in [0.15, 0.2) is 65.7 Å². The number of rotatable bonds is 4. The van der Waals surface area contributed by atoms with Gasteiger partial charge in [-0.1, -0.05) is 54.6 Å². The first-order chi connectivity index (χ1) is 12.1. The van der Waals surface area contributed by atoms with Crippen molar-refractivity contribution in [3.63, 3.8) is 0 Å². The molecule has 0 atom stereocenters. The van der Waals surface area contributed by atoms with Crippen LogP contribution in [0, 0.1) is 27.7 Å². The van der Waals surface area contributed by atoms with Crippen LogP contribution in [0.3, 0.4) is 0 Å². The molecule has 3 rings (SSSR count). The summed E-state index contributed by atoms with van der Waals surface area (Å²) < 4.78 is 0. The summed E-state index contributed by atoms with van der Waals surface area (Å²) in [5, 5.41) is 3.58. The number of para-hydroxylation sites is 3. The molecule has 2 nitrogen and oxygen atoms in total. The molecule has 1 N–H and O–H groups in total. The van der Waals surface area contributed by atoms with Crippen LogP contribution in [0.1, 0.15) is 27.8 Å². The Kier molecular flexibility index (Phi) is 4.99. The number of aryl methyl sites for hydroxylation is 4. The van der Waals surface area contributed by atoms with E-state index in [2.05, 4.69) is 81.5 Å². The molecule has 0 aliphatic heterocycles. The molecular weight excluding hydrogens is 304 g/mol. The summed E-state index contributed by atoms with van der Waals surface area (Å²) in [4.78, 5) is 4.76. The van der Waals surface area contributed by atoms with E-state index in [1.165, 1.54) is 22.3 Å². The lowest BCUT2D eigenvalue weighted by Crippen LogP contribution is -1.99. The van der Waals surface area contributed by atoms with Crippen LogP contribution in [-0.2, 0) is 0 Å². The monoisotopic (exact) mass is 328 g/mol. The Hall–Kier alpha value is -2.87. The molecule has 0 aliphatic carbocycles. The Balaban J connectivity index is 1.96. The van der Waals surface area contributed by atoms with E-state index < -0.39 is 0 Å². The fourth-order valence-corrected chi connectivity index (χ4v) is 3.01. The second kappa shape index (κ2) is 7.35. The van der Waals surface area contributed by atoms with Gasteiger partial charge in [-0.15, -0.1) is 0 Å². The summed E-state index contributed by atoms with van der Waals surface area (Å²) in [6.45, 7) is 8.45. The predicted octanol–water partition coefficient (Wildman–Crippen LogP) is 6.41. The number of anilines is 2. The van der Waals surface area contributed by atoms with Crippen molar-refractivity contribution in [1.82, 2.24) is 0 Å².